The molecule has 1 fully saturated rings. The van der Waals surface area contributed by atoms with Crippen LogP contribution >= 0.6 is 0 Å². The molecule has 1 aliphatic rings. The molecule has 2 aromatic rings. The van der Waals surface area contributed by atoms with Crippen molar-refractivity contribution in [1.29, 1.82) is 5.26 Å². The average molecular weight is 313 g/mol. The number of aliphatic hydroxyl groups excluding tert-OH is 1. The number of aliphatic hydroxyl groups is 1. The second-order valence-electron chi connectivity index (χ2n) is 5.89. The maximum atomic E-state index is 12.3. The summed E-state index contributed by atoms with van der Waals surface area (Å²) in [5.41, 5.74) is 2.24. The van der Waals surface area contributed by atoms with Crippen LogP contribution in [0.25, 0.3) is 11.0 Å². The highest BCUT2D eigenvalue weighted by Gasteiger charge is 2.27. The predicted octanol–water partition coefficient (Wildman–Crippen LogP) is -0.0358. The molecule has 0 bridgehead atoms. The van der Waals surface area contributed by atoms with Gasteiger partial charge in [-0.25, -0.2) is 4.98 Å². The molecule has 120 valence electrons. The first-order valence-corrected chi connectivity index (χ1v) is 7.57. The number of aryl methyl sites for hydroxylation is 1. The fourth-order valence-corrected chi connectivity index (χ4v) is 2.98. The molecule has 7 heteroatoms. The quantitative estimate of drug-likeness (QED) is 0.808. The molecule has 3 rings (SSSR count). The molecular weight excluding hydrogens is 294 g/mol. The summed E-state index contributed by atoms with van der Waals surface area (Å²) >= 11 is 0. The topological polar surface area (TPSA) is 94.2 Å². The Morgan fingerprint density at radius 2 is 2.30 bits per heavy atom. The molecule has 2 aromatic heterocycles. The van der Waals surface area contributed by atoms with Gasteiger partial charge < -0.3 is 19.9 Å². The first-order chi connectivity index (χ1) is 11.0. The van der Waals surface area contributed by atoms with Crippen LogP contribution in [0.5, 0.6) is 0 Å². The predicted molar refractivity (Wildman–Crippen MR) is 87.4 cm³/mol. The van der Waals surface area contributed by atoms with Crippen LogP contribution in [0.1, 0.15) is 12.6 Å². The van der Waals surface area contributed by atoms with Crippen molar-refractivity contribution in [2.75, 3.05) is 24.6 Å². The van der Waals surface area contributed by atoms with Gasteiger partial charge in [-0.2, -0.15) is 5.26 Å². The van der Waals surface area contributed by atoms with Gasteiger partial charge in [-0.3, -0.25) is 4.79 Å². The summed E-state index contributed by atoms with van der Waals surface area (Å²) < 4.78 is 1.53. The Morgan fingerprint density at radius 3 is 3.00 bits per heavy atom. The summed E-state index contributed by atoms with van der Waals surface area (Å²) in [7, 11) is 1.69. The summed E-state index contributed by atoms with van der Waals surface area (Å²) in [5.74, 6) is 0. The summed E-state index contributed by atoms with van der Waals surface area (Å²) in [6.07, 6.45) is 0. The van der Waals surface area contributed by atoms with Crippen molar-refractivity contribution < 1.29 is 5.11 Å². The average Bonchev–Trinajstić information content (AvgIpc) is 2.58. The maximum Gasteiger partial charge on any atom is 0.252 e. The van der Waals surface area contributed by atoms with Crippen LogP contribution in [-0.2, 0) is 7.05 Å². The largest absolute Gasteiger partial charge is 0.395 e. The van der Waals surface area contributed by atoms with Crippen LogP contribution in [0.3, 0.4) is 0 Å². The van der Waals surface area contributed by atoms with Gasteiger partial charge in [0.25, 0.3) is 5.56 Å². The summed E-state index contributed by atoms with van der Waals surface area (Å²) in [6, 6.07) is 7.08. The molecule has 0 amide bonds. The molecule has 2 atom stereocenters. The van der Waals surface area contributed by atoms with E-state index in [0.717, 1.165) is 0 Å². The third-order valence-electron chi connectivity index (χ3n) is 4.36. The molecule has 1 saturated heterocycles. The van der Waals surface area contributed by atoms with Gasteiger partial charge in [0.2, 0.25) is 0 Å². The lowest BCUT2D eigenvalue weighted by atomic mass is 10.1. The summed E-state index contributed by atoms with van der Waals surface area (Å²) in [6.45, 7) is 3.37. The number of nitrogens with one attached hydrogen (secondary N) is 1. The number of fused-ring (bicyclic) bond motifs is 1. The van der Waals surface area contributed by atoms with Gasteiger partial charge in [-0.1, -0.05) is 0 Å². The first kappa shape index (κ1) is 15.5. The van der Waals surface area contributed by atoms with E-state index in [1.165, 1.54) is 4.57 Å². The molecule has 0 unspecified atom stereocenters. The number of nitriles is 1. The van der Waals surface area contributed by atoms with Crippen molar-refractivity contribution in [2.24, 2.45) is 7.05 Å². The number of pyridine rings is 2. The van der Waals surface area contributed by atoms with Crippen LogP contribution in [0, 0.1) is 11.3 Å². The Labute approximate surface area is 133 Å². The maximum absolute atomic E-state index is 12.3. The zero-order chi connectivity index (χ0) is 16.6. The molecule has 0 spiro atoms. The van der Waals surface area contributed by atoms with Crippen LogP contribution in [0.2, 0.25) is 0 Å². The standard InChI is InChI=1S/C16H19N5O2/c1-10-7-18-12(9-22)8-21(10)14-5-15(23)20(2)13-4-3-11(6-17)19-16(13)14/h3-5,10,12,18,22H,7-9H2,1-2H3/t10-,12-/m0/s1. The SMILES string of the molecule is C[C@H]1CN[C@H](CO)CN1c1cc(=O)n(C)c2ccc(C#N)nc12. The lowest BCUT2D eigenvalue weighted by molar-refractivity contribution is 0.227. The highest BCUT2D eigenvalue weighted by Crippen LogP contribution is 2.26. The lowest BCUT2D eigenvalue weighted by Gasteiger charge is -2.40. The lowest BCUT2D eigenvalue weighted by Crippen LogP contribution is -2.57. The zero-order valence-electron chi connectivity index (χ0n) is 13.2. The number of piperazine rings is 1. The number of anilines is 1. The molecular formula is C16H19N5O2. The van der Waals surface area contributed by atoms with Crippen LogP contribution in [-0.4, -0.2) is 46.4 Å². The summed E-state index contributed by atoms with van der Waals surface area (Å²) in [5, 5.41) is 21.8. The smallest absolute Gasteiger partial charge is 0.252 e. The van der Waals surface area contributed by atoms with Gasteiger partial charge >= 0.3 is 0 Å². The van der Waals surface area contributed by atoms with E-state index in [2.05, 4.69) is 22.1 Å². The Morgan fingerprint density at radius 1 is 1.52 bits per heavy atom. The van der Waals surface area contributed by atoms with Crippen molar-refractivity contribution >= 4 is 16.7 Å². The molecule has 0 aliphatic carbocycles. The third kappa shape index (κ3) is 2.67. The molecule has 3 heterocycles. The monoisotopic (exact) mass is 313 g/mol. The van der Waals surface area contributed by atoms with E-state index < -0.39 is 0 Å². The van der Waals surface area contributed by atoms with E-state index in [4.69, 9.17) is 5.26 Å². The van der Waals surface area contributed by atoms with Crippen LogP contribution in [0.15, 0.2) is 23.0 Å². The fraction of sp³-hybridized carbons (Fsp3) is 0.438. The number of rotatable bonds is 2. The molecule has 0 saturated carbocycles. The van der Waals surface area contributed by atoms with Gasteiger partial charge in [0, 0.05) is 38.3 Å². The van der Waals surface area contributed by atoms with Gasteiger partial charge in [-0.05, 0) is 19.1 Å². The number of hydrogen-bond acceptors (Lipinski definition) is 6. The second-order valence-corrected chi connectivity index (χ2v) is 5.89. The first-order valence-electron chi connectivity index (χ1n) is 7.57. The highest BCUT2D eigenvalue weighted by molar-refractivity contribution is 5.89. The van der Waals surface area contributed by atoms with E-state index in [1.54, 1.807) is 25.2 Å². The second kappa shape index (κ2) is 5.99. The Hall–Kier alpha value is -2.43. The molecule has 7 nitrogen and oxygen atoms in total. The van der Waals surface area contributed by atoms with Crippen molar-refractivity contribution in [3.8, 4) is 6.07 Å². The van der Waals surface area contributed by atoms with Crippen molar-refractivity contribution in [1.82, 2.24) is 14.9 Å². The zero-order valence-corrected chi connectivity index (χ0v) is 13.2. The minimum atomic E-state index is -0.120. The Kier molecular flexibility index (Phi) is 4.03. The Bertz CT molecular complexity index is 839. The number of aromatic nitrogens is 2. The van der Waals surface area contributed by atoms with Gasteiger partial charge in [-0.15, -0.1) is 0 Å². The summed E-state index contributed by atoms with van der Waals surface area (Å²) in [4.78, 5) is 18.8. The van der Waals surface area contributed by atoms with E-state index in [9.17, 15) is 9.90 Å². The fourth-order valence-electron chi connectivity index (χ4n) is 2.98. The normalized spacial score (nSPS) is 21.4. The van der Waals surface area contributed by atoms with Gasteiger partial charge in [0.1, 0.15) is 17.3 Å². The molecule has 23 heavy (non-hydrogen) atoms. The van der Waals surface area contributed by atoms with E-state index in [-0.39, 0.29) is 24.2 Å². The third-order valence-corrected chi connectivity index (χ3v) is 4.36. The minimum Gasteiger partial charge on any atom is -0.395 e. The molecule has 0 aromatic carbocycles. The van der Waals surface area contributed by atoms with Crippen molar-refractivity contribution in [3.05, 3.63) is 34.2 Å². The van der Waals surface area contributed by atoms with Gasteiger partial charge in [0.15, 0.2) is 0 Å². The highest BCUT2D eigenvalue weighted by atomic mass is 16.3. The molecule has 1 aliphatic heterocycles. The van der Waals surface area contributed by atoms with E-state index >= 15 is 0 Å². The van der Waals surface area contributed by atoms with Crippen molar-refractivity contribution in [3.63, 3.8) is 0 Å². The number of hydrogen-bond donors (Lipinski definition) is 2. The molecule has 0 radical (unpaired) electrons. The molecule has 2 N–H and O–H groups in total. The Balaban J connectivity index is 2.21. The minimum absolute atomic E-state index is 0.0306. The van der Waals surface area contributed by atoms with Gasteiger partial charge in [0.05, 0.1) is 17.8 Å². The van der Waals surface area contributed by atoms with Crippen LogP contribution in [0.4, 0.5) is 5.69 Å². The number of nitrogens with zero attached hydrogens (tertiary/aromatic N) is 4. The van der Waals surface area contributed by atoms with Crippen molar-refractivity contribution in [2.45, 2.75) is 19.0 Å². The van der Waals surface area contributed by atoms with E-state index in [1.807, 2.05) is 6.07 Å². The van der Waals surface area contributed by atoms with Crippen LogP contribution < -0.4 is 15.8 Å². The van der Waals surface area contributed by atoms with E-state index in [0.29, 0.717) is 35.5 Å².